The summed E-state index contributed by atoms with van der Waals surface area (Å²) in [7, 11) is 1.55. The third-order valence-corrected chi connectivity index (χ3v) is 8.61. The highest BCUT2D eigenvalue weighted by molar-refractivity contribution is 7.07. The molecule has 4 aromatic rings. The van der Waals surface area contributed by atoms with E-state index in [0.29, 0.717) is 52.7 Å². The molecule has 7 nitrogen and oxygen atoms in total. The molecule has 0 unspecified atom stereocenters. The van der Waals surface area contributed by atoms with E-state index in [0.717, 1.165) is 11.1 Å². The maximum atomic E-state index is 13.9. The van der Waals surface area contributed by atoms with Gasteiger partial charge in [-0.15, -0.1) is 0 Å². The van der Waals surface area contributed by atoms with Crippen LogP contribution in [0.5, 0.6) is 11.5 Å². The van der Waals surface area contributed by atoms with Gasteiger partial charge < -0.3 is 14.2 Å². The Kier molecular flexibility index (Phi) is 9.32. The van der Waals surface area contributed by atoms with Crippen LogP contribution in [-0.2, 0) is 16.1 Å². The molecular formula is C32H27Cl3N2O5S. The van der Waals surface area contributed by atoms with Crippen LogP contribution in [0, 0.1) is 0 Å². The normalized spacial score (nSPS) is 14.9. The van der Waals surface area contributed by atoms with E-state index in [-0.39, 0.29) is 18.3 Å². The van der Waals surface area contributed by atoms with Gasteiger partial charge in [-0.2, -0.15) is 0 Å². The number of hydrogen-bond acceptors (Lipinski definition) is 7. The molecule has 0 saturated heterocycles. The van der Waals surface area contributed by atoms with Crippen molar-refractivity contribution < 1.29 is 19.0 Å². The van der Waals surface area contributed by atoms with Gasteiger partial charge in [0, 0.05) is 5.02 Å². The molecule has 2 heterocycles. The fourth-order valence-corrected chi connectivity index (χ4v) is 6.15. The molecule has 11 heteroatoms. The van der Waals surface area contributed by atoms with E-state index in [2.05, 4.69) is 4.99 Å². The van der Waals surface area contributed by atoms with Gasteiger partial charge in [-0.3, -0.25) is 9.36 Å². The Bertz CT molecular complexity index is 1910. The van der Waals surface area contributed by atoms with E-state index in [4.69, 9.17) is 49.0 Å². The third-order valence-electron chi connectivity index (χ3n) is 6.63. The Balaban J connectivity index is 1.53. The van der Waals surface area contributed by atoms with Gasteiger partial charge in [0.05, 0.1) is 45.1 Å². The van der Waals surface area contributed by atoms with Gasteiger partial charge in [0.2, 0.25) is 0 Å². The van der Waals surface area contributed by atoms with Crippen molar-refractivity contribution in [1.29, 1.82) is 0 Å². The van der Waals surface area contributed by atoms with Crippen molar-refractivity contribution >= 4 is 58.2 Å². The first-order valence-corrected chi connectivity index (χ1v) is 15.2. The molecular weight excluding hydrogens is 631 g/mol. The fraction of sp³-hybridized carbons (Fsp3) is 0.219. The van der Waals surface area contributed by atoms with Crippen LogP contribution in [0.1, 0.15) is 43.5 Å². The van der Waals surface area contributed by atoms with Gasteiger partial charge in [-0.05, 0) is 79.9 Å². The molecule has 0 bridgehead atoms. The number of hydrogen-bond donors (Lipinski definition) is 0. The molecule has 222 valence electrons. The van der Waals surface area contributed by atoms with E-state index in [1.54, 1.807) is 82.5 Å². The number of esters is 1. The minimum atomic E-state index is -0.728. The molecule has 1 atom stereocenters. The lowest BCUT2D eigenvalue weighted by Gasteiger charge is -2.25. The number of rotatable bonds is 8. The molecule has 3 aromatic carbocycles. The molecule has 0 spiro atoms. The van der Waals surface area contributed by atoms with E-state index >= 15 is 0 Å². The van der Waals surface area contributed by atoms with Crippen molar-refractivity contribution in [2.45, 2.75) is 39.5 Å². The summed E-state index contributed by atoms with van der Waals surface area (Å²) in [6.45, 7) is 5.56. The number of carbonyl (C=O) groups excluding carboxylic acids is 1. The van der Waals surface area contributed by atoms with Crippen LogP contribution >= 0.6 is 46.1 Å². The second-order valence-electron chi connectivity index (χ2n) is 10.0. The highest BCUT2D eigenvalue weighted by atomic mass is 35.5. The first kappa shape index (κ1) is 30.9. The first-order valence-electron chi connectivity index (χ1n) is 13.3. The van der Waals surface area contributed by atoms with Crippen LogP contribution in [-0.4, -0.2) is 23.8 Å². The lowest BCUT2D eigenvalue weighted by atomic mass is 9.96. The SMILES string of the molecule is COc1cc(/C=c2\sc3n(c2=O)[C@@H](c2ccc(Cl)cc2)C(C(=O)OC(C)C)=C(C)N=3)ccc1OCc1ccc(Cl)c(Cl)c1. The van der Waals surface area contributed by atoms with E-state index in [1.807, 2.05) is 12.1 Å². The molecule has 0 fully saturated rings. The lowest BCUT2D eigenvalue weighted by molar-refractivity contribution is -0.143. The number of fused-ring (bicyclic) bond motifs is 1. The minimum Gasteiger partial charge on any atom is -0.493 e. The van der Waals surface area contributed by atoms with Gasteiger partial charge in [-0.1, -0.05) is 70.4 Å². The molecule has 5 rings (SSSR count). The van der Waals surface area contributed by atoms with Gasteiger partial charge in [-0.25, -0.2) is 9.79 Å². The molecule has 1 aromatic heterocycles. The smallest absolute Gasteiger partial charge is 0.338 e. The summed E-state index contributed by atoms with van der Waals surface area (Å²) in [6.07, 6.45) is 1.42. The Morgan fingerprint density at radius 2 is 1.77 bits per heavy atom. The molecule has 0 radical (unpaired) electrons. The van der Waals surface area contributed by atoms with Gasteiger partial charge >= 0.3 is 5.97 Å². The number of benzene rings is 3. The number of ether oxygens (including phenoxy) is 3. The number of nitrogens with zero attached hydrogens (tertiary/aromatic N) is 2. The minimum absolute atomic E-state index is 0.261. The molecule has 0 N–H and O–H groups in total. The second kappa shape index (κ2) is 13.0. The zero-order valence-electron chi connectivity index (χ0n) is 23.7. The maximum absolute atomic E-state index is 13.9. The number of allylic oxidation sites excluding steroid dienone is 1. The Hall–Kier alpha value is -3.56. The number of thiazole rings is 1. The van der Waals surface area contributed by atoms with Crippen molar-refractivity contribution in [1.82, 2.24) is 4.57 Å². The average molecular weight is 658 g/mol. The van der Waals surface area contributed by atoms with Crippen molar-refractivity contribution in [3.05, 3.63) is 123 Å². The largest absolute Gasteiger partial charge is 0.493 e. The summed E-state index contributed by atoms with van der Waals surface area (Å²) in [5.74, 6) is 0.501. The number of halogens is 3. The molecule has 43 heavy (non-hydrogen) atoms. The van der Waals surface area contributed by atoms with E-state index in [9.17, 15) is 9.59 Å². The molecule has 1 aliphatic rings. The number of aromatic nitrogens is 1. The summed E-state index contributed by atoms with van der Waals surface area (Å²) >= 11 is 19.5. The van der Waals surface area contributed by atoms with Crippen LogP contribution in [0.2, 0.25) is 15.1 Å². The van der Waals surface area contributed by atoms with Crippen LogP contribution in [0.15, 0.2) is 81.7 Å². The summed E-state index contributed by atoms with van der Waals surface area (Å²) in [4.78, 5) is 32.3. The van der Waals surface area contributed by atoms with E-state index in [1.165, 1.54) is 15.9 Å². The van der Waals surface area contributed by atoms with Crippen LogP contribution in [0.4, 0.5) is 0 Å². The predicted octanol–water partition coefficient (Wildman–Crippen LogP) is 6.73. The first-order chi connectivity index (χ1) is 20.5. The third kappa shape index (κ3) is 6.68. The van der Waals surface area contributed by atoms with Gasteiger partial charge in [0.15, 0.2) is 16.3 Å². The zero-order valence-corrected chi connectivity index (χ0v) is 26.8. The summed E-state index contributed by atoms with van der Waals surface area (Å²) in [6, 6.07) is 17.0. The highest BCUT2D eigenvalue weighted by Crippen LogP contribution is 2.32. The molecule has 1 aliphatic heterocycles. The van der Waals surface area contributed by atoms with Gasteiger partial charge in [0.25, 0.3) is 5.56 Å². The Morgan fingerprint density at radius 3 is 2.44 bits per heavy atom. The van der Waals surface area contributed by atoms with Crippen molar-refractivity contribution in [2.75, 3.05) is 7.11 Å². The molecule has 0 aliphatic carbocycles. The number of methoxy groups -OCH3 is 1. The van der Waals surface area contributed by atoms with E-state index < -0.39 is 12.0 Å². The molecule has 0 amide bonds. The zero-order chi connectivity index (χ0) is 30.8. The van der Waals surface area contributed by atoms with Crippen LogP contribution < -0.4 is 24.4 Å². The second-order valence-corrected chi connectivity index (χ2v) is 12.3. The summed E-state index contributed by atoms with van der Waals surface area (Å²) in [5, 5.41) is 1.46. The summed E-state index contributed by atoms with van der Waals surface area (Å²) < 4.78 is 19.1. The fourth-order valence-electron chi connectivity index (χ4n) is 4.66. The Labute approximate surface area is 267 Å². The standard InChI is InChI=1S/C32H27Cl3N2O5S/c1-17(2)42-31(39)28-18(3)36-32-37(29(28)21-7-9-22(33)10-8-21)30(38)27(43-32)15-19-6-12-25(26(14-19)40-4)41-16-20-5-11-23(34)24(35)13-20/h5-15,17,29H,16H2,1-4H3/b27-15-/t29-/m0/s1. The maximum Gasteiger partial charge on any atom is 0.338 e. The average Bonchev–Trinajstić information content (AvgIpc) is 3.27. The highest BCUT2D eigenvalue weighted by Gasteiger charge is 2.33. The van der Waals surface area contributed by atoms with Crippen molar-refractivity contribution in [3.8, 4) is 11.5 Å². The van der Waals surface area contributed by atoms with Gasteiger partial charge in [0.1, 0.15) is 6.61 Å². The molecule has 0 saturated carbocycles. The lowest BCUT2D eigenvalue weighted by Crippen LogP contribution is -2.40. The van der Waals surface area contributed by atoms with Crippen molar-refractivity contribution in [2.24, 2.45) is 4.99 Å². The predicted molar refractivity (Wildman–Crippen MR) is 170 cm³/mol. The quantitative estimate of drug-likeness (QED) is 0.196. The number of carbonyl (C=O) groups is 1. The topological polar surface area (TPSA) is 79.1 Å². The monoisotopic (exact) mass is 656 g/mol. The van der Waals surface area contributed by atoms with Crippen LogP contribution in [0.25, 0.3) is 6.08 Å². The van der Waals surface area contributed by atoms with Crippen LogP contribution in [0.3, 0.4) is 0 Å². The van der Waals surface area contributed by atoms with Crippen molar-refractivity contribution in [3.63, 3.8) is 0 Å². The Morgan fingerprint density at radius 1 is 1.02 bits per heavy atom. The summed E-state index contributed by atoms with van der Waals surface area (Å²) in [5.41, 5.74) is 2.80.